The van der Waals surface area contributed by atoms with Crippen molar-refractivity contribution in [1.82, 2.24) is 10.2 Å². The van der Waals surface area contributed by atoms with Crippen molar-refractivity contribution in [3.63, 3.8) is 0 Å². The molecule has 0 aromatic carbocycles. The molecule has 0 radical (unpaired) electrons. The van der Waals surface area contributed by atoms with Gasteiger partial charge >= 0.3 is 0 Å². The lowest BCUT2D eigenvalue weighted by Gasteiger charge is -2.31. The van der Waals surface area contributed by atoms with E-state index in [0.717, 1.165) is 32.6 Å². The van der Waals surface area contributed by atoms with Gasteiger partial charge in [-0.2, -0.15) is 0 Å². The second kappa shape index (κ2) is 4.28. The number of carbonyl (C=O) groups is 1. The maximum absolute atomic E-state index is 11.0. The minimum atomic E-state index is -0.124. The van der Waals surface area contributed by atoms with Gasteiger partial charge in [0.1, 0.15) is 0 Å². The van der Waals surface area contributed by atoms with Crippen molar-refractivity contribution in [3.8, 4) is 0 Å². The normalized spacial score (nSPS) is 30.7. The van der Waals surface area contributed by atoms with Gasteiger partial charge in [0.2, 0.25) is 5.91 Å². The van der Waals surface area contributed by atoms with E-state index in [1.807, 2.05) is 0 Å². The lowest BCUT2D eigenvalue weighted by atomic mass is 10.1. The Labute approximate surface area is 84.8 Å². The van der Waals surface area contributed by atoms with Crippen LogP contribution in [-0.2, 0) is 4.79 Å². The van der Waals surface area contributed by atoms with Gasteiger partial charge in [0.05, 0.1) is 5.92 Å². The number of likely N-dealkylation sites (tertiary alicyclic amines) is 1. The van der Waals surface area contributed by atoms with Crippen LogP contribution in [0.5, 0.6) is 0 Å². The number of nitrogens with one attached hydrogen (secondary N) is 1. The van der Waals surface area contributed by atoms with E-state index in [9.17, 15) is 4.79 Å². The molecule has 2 rings (SSSR count). The van der Waals surface area contributed by atoms with Crippen LogP contribution >= 0.6 is 0 Å². The summed E-state index contributed by atoms with van der Waals surface area (Å²) >= 11 is 0. The summed E-state index contributed by atoms with van der Waals surface area (Å²) in [4.78, 5) is 13.5. The van der Waals surface area contributed by atoms with Crippen LogP contribution < -0.4 is 11.1 Å². The van der Waals surface area contributed by atoms with E-state index >= 15 is 0 Å². The Morgan fingerprint density at radius 3 is 2.57 bits per heavy atom. The zero-order chi connectivity index (χ0) is 9.97. The largest absolute Gasteiger partial charge is 0.369 e. The highest BCUT2D eigenvalue weighted by molar-refractivity contribution is 5.77. The summed E-state index contributed by atoms with van der Waals surface area (Å²) in [6.45, 7) is 4.17. The highest BCUT2D eigenvalue weighted by Gasteiger charge is 2.31. The Kier molecular flexibility index (Phi) is 3.03. The summed E-state index contributed by atoms with van der Waals surface area (Å²) in [6.07, 6.45) is 3.39. The molecule has 4 heteroatoms. The molecule has 0 aromatic rings. The van der Waals surface area contributed by atoms with Gasteiger partial charge in [0.15, 0.2) is 0 Å². The average Bonchev–Trinajstić information content (AvgIpc) is 2.68. The first kappa shape index (κ1) is 9.93. The van der Waals surface area contributed by atoms with Crippen LogP contribution in [0.1, 0.15) is 19.3 Å². The van der Waals surface area contributed by atoms with E-state index in [2.05, 4.69) is 10.2 Å². The van der Waals surface area contributed by atoms with Crippen LogP contribution in [0.15, 0.2) is 0 Å². The molecule has 2 heterocycles. The Morgan fingerprint density at radius 2 is 2.00 bits per heavy atom. The summed E-state index contributed by atoms with van der Waals surface area (Å²) in [7, 11) is 0. The topological polar surface area (TPSA) is 58.4 Å². The molecule has 1 atom stereocenters. The standard InChI is InChI=1S/C10H19N3O/c11-10(14)8-3-6-13(7-8)9-1-4-12-5-2-9/h8-9,12H,1-7H2,(H2,11,14). The number of amides is 1. The maximum Gasteiger partial charge on any atom is 0.221 e. The van der Waals surface area contributed by atoms with E-state index in [1.165, 1.54) is 12.8 Å². The maximum atomic E-state index is 11.0. The first-order valence-electron chi connectivity index (χ1n) is 5.51. The number of hydrogen-bond donors (Lipinski definition) is 2. The van der Waals surface area contributed by atoms with E-state index < -0.39 is 0 Å². The Morgan fingerprint density at radius 1 is 1.29 bits per heavy atom. The van der Waals surface area contributed by atoms with E-state index in [-0.39, 0.29) is 11.8 Å². The second-order valence-corrected chi connectivity index (χ2v) is 4.36. The van der Waals surface area contributed by atoms with Gasteiger partial charge in [-0.15, -0.1) is 0 Å². The molecular weight excluding hydrogens is 178 g/mol. The fourth-order valence-corrected chi connectivity index (χ4v) is 2.52. The number of rotatable bonds is 2. The third kappa shape index (κ3) is 2.07. The third-order valence-corrected chi connectivity index (χ3v) is 3.45. The summed E-state index contributed by atoms with van der Waals surface area (Å²) in [5.41, 5.74) is 5.31. The van der Waals surface area contributed by atoms with Crippen molar-refractivity contribution in [2.45, 2.75) is 25.3 Å². The van der Waals surface area contributed by atoms with Crippen LogP contribution in [0.4, 0.5) is 0 Å². The SMILES string of the molecule is NC(=O)C1CCN(C2CCNCC2)C1. The van der Waals surface area contributed by atoms with Crippen LogP contribution in [0.2, 0.25) is 0 Å². The number of piperidine rings is 1. The highest BCUT2D eigenvalue weighted by atomic mass is 16.1. The molecule has 14 heavy (non-hydrogen) atoms. The lowest BCUT2D eigenvalue weighted by Crippen LogP contribution is -2.42. The summed E-state index contributed by atoms with van der Waals surface area (Å²) < 4.78 is 0. The molecule has 0 spiro atoms. The number of hydrogen-bond acceptors (Lipinski definition) is 3. The number of primary amides is 1. The van der Waals surface area contributed by atoms with Gasteiger partial charge in [-0.3, -0.25) is 9.69 Å². The molecular formula is C10H19N3O. The molecule has 80 valence electrons. The third-order valence-electron chi connectivity index (χ3n) is 3.45. The van der Waals surface area contributed by atoms with Crippen molar-refractivity contribution in [2.75, 3.05) is 26.2 Å². The molecule has 0 saturated carbocycles. The van der Waals surface area contributed by atoms with Gasteiger partial charge < -0.3 is 11.1 Å². The Balaban J connectivity index is 1.85. The van der Waals surface area contributed by atoms with Crippen molar-refractivity contribution < 1.29 is 4.79 Å². The van der Waals surface area contributed by atoms with Gasteiger partial charge in [0, 0.05) is 12.6 Å². The summed E-state index contributed by atoms with van der Waals surface area (Å²) in [5.74, 6) is -0.0219. The van der Waals surface area contributed by atoms with E-state index in [1.54, 1.807) is 0 Å². The molecule has 2 aliphatic heterocycles. The summed E-state index contributed by atoms with van der Waals surface area (Å²) in [5, 5.41) is 3.35. The second-order valence-electron chi connectivity index (χ2n) is 4.36. The van der Waals surface area contributed by atoms with Crippen LogP contribution in [0.3, 0.4) is 0 Å². The van der Waals surface area contributed by atoms with Crippen LogP contribution in [-0.4, -0.2) is 43.0 Å². The van der Waals surface area contributed by atoms with Crippen molar-refractivity contribution >= 4 is 5.91 Å². The number of nitrogens with two attached hydrogens (primary N) is 1. The molecule has 1 unspecified atom stereocenters. The fourth-order valence-electron chi connectivity index (χ4n) is 2.52. The monoisotopic (exact) mass is 197 g/mol. The van der Waals surface area contributed by atoms with Crippen molar-refractivity contribution in [2.24, 2.45) is 11.7 Å². The zero-order valence-electron chi connectivity index (χ0n) is 8.54. The lowest BCUT2D eigenvalue weighted by molar-refractivity contribution is -0.121. The minimum absolute atomic E-state index is 0.102. The van der Waals surface area contributed by atoms with Crippen molar-refractivity contribution in [3.05, 3.63) is 0 Å². The summed E-state index contributed by atoms with van der Waals surface area (Å²) in [6, 6.07) is 0.681. The Hall–Kier alpha value is -0.610. The first-order chi connectivity index (χ1) is 6.77. The zero-order valence-corrected chi connectivity index (χ0v) is 8.54. The van der Waals surface area contributed by atoms with Crippen LogP contribution in [0.25, 0.3) is 0 Å². The van der Waals surface area contributed by atoms with E-state index in [4.69, 9.17) is 5.73 Å². The number of carbonyl (C=O) groups excluding carboxylic acids is 1. The molecule has 1 amide bonds. The molecule has 4 nitrogen and oxygen atoms in total. The fraction of sp³-hybridized carbons (Fsp3) is 0.900. The number of nitrogens with zero attached hydrogens (tertiary/aromatic N) is 1. The predicted octanol–water partition coefficient (Wildman–Crippen LogP) is -0.454. The Bertz CT molecular complexity index is 213. The van der Waals surface area contributed by atoms with E-state index in [0.29, 0.717) is 6.04 Å². The molecule has 0 aliphatic carbocycles. The minimum Gasteiger partial charge on any atom is -0.369 e. The van der Waals surface area contributed by atoms with Gasteiger partial charge in [-0.05, 0) is 38.9 Å². The molecule has 0 bridgehead atoms. The first-order valence-corrected chi connectivity index (χ1v) is 5.51. The average molecular weight is 197 g/mol. The molecule has 2 aliphatic rings. The quantitative estimate of drug-likeness (QED) is 0.630. The molecule has 2 fully saturated rings. The van der Waals surface area contributed by atoms with Gasteiger partial charge in [-0.1, -0.05) is 0 Å². The molecule has 2 saturated heterocycles. The molecule has 3 N–H and O–H groups in total. The van der Waals surface area contributed by atoms with Crippen molar-refractivity contribution in [1.29, 1.82) is 0 Å². The highest BCUT2D eigenvalue weighted by Crippen LogP contribution is 2.22. The molecule has 0 aromatic heterocycles. The smallest absolute Gasteiger partial charge is 0.221 e. The van der Waals surface area contributed by atoms with Crippen LogP contribution in [0, 0.1) is 5.92 Å². The van der Waals surface area contributed by atoms with Gasteiger partial charge in [-0.25, -0.2) is 0 Å². The predicted molar refractivity (Wildman–Crippen MR) is 54.8 cm³/mol. The van der Waals surface area contributed by atoms with Gasteiger partial charge in [0.25, 0.3) is 0 Å².